The van der Waals surface area contributed by atoms with Crippen molar-refractivity contribution in [1.29, 1.82) is 0 Å². The number of allylic oxidation sites excluding steroid dienone is 4. The molecule has 0 fully saturated rings. The predicted molar refractivity (Wildman–Crippen MR) is 167 cm³/mol. The number of benzene rings is 2. The molecular formula is C34H28N6O2-2. The lowest BCUT2D eigenvalue weighted by molar-refractivity contribution is 0.103. The SMILES string of the molecule is CC1=Nc2ccccc2[N-]/C(C)=C(/C(=O)c2ccncc2)C(C)=Nc2ccccc2[N-]/C(C)=C\1C(=O)c1ccncc1. The Kier molecular flexibility index (Phi) is 8.24. The van der Waals surface area contributed by atoms with Crippen LogP contribution in [-0.4, -0.2) is 33.0 Å². The van der Waals surface area contributed by atoms with Crippen molar-refractivity contribution in [3.63, 3.8) is 0 Å². The molecule has 0 aliphatic carbocycles. The number of aliphatic imine (C=N–C) groups is 2. The Morgan fingerprint density at radius 3 is 1.26 bits per heavy atom. The summed E-state index contributed by atoms with van der Waals surface area (Å²) < 4.78 is 0. The van der Waals surface area contributed by atoms with E-state index >= 15 is 0 Å². The highest BCUT2D eigenvalue weighted by molar-refractivity contribution is 6.29. The fourth-order valence-corrected chi connectivity index (χ4v) is 4.73. The minimum absolute atomic E-state index is 0.222. The first-order chi connectivity index (χ1) is 20.3. The second kappa shape index (κ2) is 12.3. The summed E-state index contributed by atoms with van der Waals surface area (Å²) in [4.78, 5) is 45.5. The Bertz CT molecular complexity index is 1650. The predicted octanol–water partition coefficient (Wildman–Crippen LogP) is 8.70. The molecule has 0 radical (unpaired) electrons. The van der Waals surface area contributed by atoms with Gasteiger partial charge >= 0.3 is 0 Å². The van der Waals surface area contributed by atoms with E-state index in [1.165, 1.54) is 0 Å². The van der Waals surface area contributed by atoms with Crippen molar-refractivity contribution in [2.75, 3.05) is 0 Å². The average molecular weight is 553 g/mol. The Balaban J connectivity index is 1.75. The molecule has 1 aliphatic heterocycles. The van der Waals surface area contributed by atoms with Crippen molar-refractivity contribution in [2.24, 2.45) is 9.98 Å². The molecule has 5 rings (SSSR count). The number of hydrogen-bond donors (Lipinski definition) is 0. The van der Waals surface area contributed by atoms with Gasteiger partial charge in [0.25, 0.3) is 0 Å². The largest absolute Gasteiger partial charge is 0.659 e. The molecule has 0 spiro atoms. The second-order valence-electron chi connectivity index (χ2n) is 9.65. The second-order valence-corrected chi connectivity index (χ2v) is 9.65. The molecule has 4 aromatic rings. The van der Waals surface area contributed by atoms with Crippen LogP contribution in [0.25, 0.3) is 10.6 Å². The summed E-state index contributed by atoms with van der Waals surface area (Å²) in [7, 11) is 0. The Morgan fingerprint density at radius 2 is 0.881 bits per heavy atom. The van der Waals surface area contributed by atoms with Crippen molar-refractivity contribution < 1.29 is 9.59 Å². The van der Waals surface area contributed by atoms with Gasteiger partial charge in [0.15, 0.2) is 11.6 Å². The van der Waals surface area contributed by atoms with E-state index in [9.17, 15) is 9.59 Å². The fraction of sp³-hybridized carbons (Fsp3) is 0.118. The molecule has 0 saturated carbocycles. The summed E-state index contributed by atoms with van der Waals surface area (Å²) in [6, 6.07) is 21.4. The first kappa shape index (κ1) is 28.0. The molecule has 8 nitrogen and oxygen atoms in total. The molecule has 0 bridgehead atoms. The highest BCUT2D eigenvalue weighted by Gasteiger charge is 2.18. The molecule has 0 amide bonds. The minimum Gasteiger partial charge on any atom is -0.659 e. The maximum atomic E-state index is 13.8. The summed E-state index contributed by atoms with van der Waals surface area (Å²) >= 11 is 0. The zero-order valence-electron chi connectivity index (χ0n) is 23.7. The number of hydrogen-bond acceptors (Lipinski definition) is 6. The monoisotopic (exact) mass is 552 g/mol. The molecule has 0 saturated heterocycles. The van der Waals surface area contributed by atoms with E-state index in [4.69, 9.17) is 20.6 Å². The highest BCUT2D eigenvalue weighted by atomic mass is 16.1. The molecule has 0 N–H and O–H groups in total. The third kappa shape index (κ3) is 5.97. The lowest BCUT2D eigenvalue weighted by Crippen LogP contribution is -2.14. The van der Waals surface area contributed by atoms with Crippen LogP contribution in [0.4, 0.5) is 22.7 Å². The Morgan fingerprint density at radius 1 is 0.524 bits per heavy atom. The lowest BCUT2D eigenvalue weighted by Gasteiger charge is -2.30. The van der Waals surface area contributed by atoms with Crippen molar-refractivity contribution in [2.45, 2.75) is 27.7 Å². The third-order valence-electron chi connectivity index (χ3n) is 6.70. The number of nitrogens with zero attached hydrogens (tertiary/aromatic N) is 6. The number of carbonyl (C=O) groups excluding carboxylic acids is 2. The number of para-hydroxylation sites is 4. The van der Waals surface area contributed by atoms with Crippen molar-refractivity contribution >= 4 is 45.7 Å². The smallest absolute Gasteiger partial charge is 0.193 e. The van der Waals surface area contributed by atoms with Gasteiger partial charge in [0.1, 0.15) is 0 Å². The van der Waals surface area contributed by atoms with Gasteiger partial charge < -0.3 is 10.6 Å². The number of Topliss-reactive ketones (excluding diaryl/α,β-unsaturated/α-hetero) is 2. The van der Waals surface area contributed by atoms with Gasteiger partial charge in [-0.1, -0.05) is 50.2 Å². The molecular weight excluding hydrogens is 524 g/mol. The number of aromatic nitrogens is 2. The average Bonchev–Trinajstić information content (AvgIpc) is 2.99. The molecule has 0 atom stereocenters. The quantitative estimate of drug-likeness (QED) is 0.236. The Labute approximate surface area is 244 Å². The van der Waals surface area contributed by atoms with Crippen LogP contribution in [0.15, 0.2) is 130 Å². The van der Waals surface area contributed by atoms with Crippen molar-refractivity contribution in [3.05, 3.63) is 142 Å². The standard InChI is InChI=1S/C34H30N6O2/c1-21-31(33(41)25-13-17-35-18-14-25)22(2)38-29-11-7-8-12-30(29)40-24(4)32(34(42)26-15-19-36-20-16-26)23(3)39-28-10-6-5-9-27(28)37-21/h5-20H,1-4H3,(H2,35,36,37,38,39,40,41,42)/p-2. The van der Waals surface area contributed by atoms with Gasteiger partial charge in [-0.15, -0.1) is 22.8 Å². The van der Waals surface area contributed by atoms with E-state index in [0.29, 0.717) is 67.8 Å². The normalized spacial score (nSPS) is 17.3. The van der Waals surface area contributed by atoms with Gasteiger partial charge in [-0.05, 0) is 50.2 Å². The zero-order valence-corrected chi connectivity index (χ0v) is 23.7. The van der Waals surface area contributed by atoms with Gasteiger partial charge in [0, 0.05) is 69.9 Å². The van der Waals surface area contributed by atoms with Crippen LogP contribution in [-0.2, 0) is 0 Å². The summed E-state index contributed by atoms with van der Waals surface area (Å²) in [5.74, 6) is -0.445. The van der Waals surface area contributed by atoms with Crippen LogP contribution in [0.2, 0.25) is 0 Å². The number of pyridine rings is 2. The molecule has 2 aromatic heterocycles. The van der Waals surface area contributed by atoms with Crippen LogP contribution >= 0.6 is 0 Å². The molecule has 3 heterocycles. The van der Waals surface area contributed by atoms with Gasteiger partial charge in [-0.3, -0.25) is 29.5 Å². The molecule has 8 heteroatoms. The molecule has 208 valence electrons. The topological polar surface area (TPSA) is 113 Å². The minimum atomic E-state index is -0.222. The first-order valence-electron chi connectivity index (χ1n) is 13.4. The van der Waals surface area contributed by atoms with Crippen LogP contribution < -0.4 is 0 Å². The summed E-state index contributed by atoms with van der Waals surface area (Å²) in [5.41, 5.74) is 5.77. The number of rotatable bonds is 4. The maximum absolute atomic E-state index is 13.8. The number of ketones is 2. The van der Waals surface area contributed by atoms with Crippen molar-refractivity contribution in [3.8, 4) is 0 Å². The van der Waals surface area contributed by atoms with Crippen LogP contribution in [0.3, 0.4) is 0 Å². The summed E-state index contributed by atoms with van der Waals surface area (Å²) in [6.45, 7) is 7.13. The number of fused-ring (bicyclic) bond motifs is 2. The summed E-state index contributed by atoms with van der Waals surface area (Å²) in [6.07, 6.45) is 6.32. The Hall–Kier alpha value is -5.50. The molecule has 0 unspecified atom stereocenters. The number of carbonyl (C=O) groups is 2. The van der Waals surface area contributed by atoms with Gasteiger partial charge in [0.05, 0.1) is 0 Å². The van der Waals surface area contributed by atoms with E-state index in [2.05, 4.69) is 9.97 Å². The van der Waals surface area contributed by atoms with E-state index < -0.39 is 0 Å². The fourth-order valence-electron chi connectivity index (χ4n) is 4.73. The summed E-state index contributed by atoms with van der Waals surface area (Å²) in [5, 5.41) is 9.73. The van der Waals surface area contributed by atoms with E-state index in [1.807, 2.05) is 48.5 Å². The van der Waals surface area contributed by atoms with Gasteiger partial charge in [0.2, 0.25) is 0 Å². The third-order valence-corrected chi connectivity index (χ3v) is 6.70. The maximum Gasteiger partial charge on any atom is 0.193 e. The van der Waals surface area contributed by atoms with Gasteiger partial charge in [-0.25, -0.2) is 0 Å². The van der Waals surface area contributed by atoms with Crippen LogP contribution in [0.5, 0.6) is 0 Å². The highest BCUT2D eigenvalue weighted by Crippen LogP contribution is 2.40. The lowest BCUT2D eigenvalue weighted by atomic mass is 9.98. The first-order valence-corrected chi connectivity index (χ1v) is 13.4. The van der Waals surface area contributed by atoms with E-state index in [0.717, 1.165) is 0 Å². The van der Waals surface area contributed by atoms with E-state index in [1.54, 1.807) is 76.7 Å². The van der Waals surface area contributed by atoms with Gasteiger partial charge in [-0.2, -0.15) is 0 Å². The van der Waals surface area contributed by atoms with Crippen LogP contribution in [0, 0.1) is 0 Å². The van der Waals surface area contributed by atoms with E-state index in [-0.39, 0.29) is 11.6 Å². The van der Waals surface area contributed by atoms with Crippen molar-refractivity contribution in [1.82, 2.24) is 9.97 Å². The zero-order chi connectivity index (χ0) is 29.6. The molecule has 2 aromatic carbocycles. The molecule has 1 aliphatic rings. The van der Waals surface area contributed by atoms with Crippen LogP contribution in [0.1, 0.15) is 48.4 Å². The molecule has 42 heavy (non-hydrogen) atoms.